The largest absolute Gasteiger partial charge is 0.278 e. The van der Waals surface area contributed by atoms with Crippen molar-refractivity contribution in [3.63, 3.8) is 0 Å². The van der Waals surface area contributed by atoms with Crippen molar-refractivity contribution >= 4 is 11.6 Å². The SMILES string of the molecule is N#Cc1ccc(-c2ccn[nH]2)c(F)c1Cl. The number of halogens is 2. The summed E-state index contributed by atoms with van der Waals surface area (Å²) in [6.07, 6.45) is 1.51. The van der Waals surface area contributed by atoms with Crippen LogP contribution in [0.25, 0.3) is 11.3 Å². The molecule has 0 saturated carbocycles. The van der Waals surface area contributed by atoms with Gasteiger partial charge in [-0.15, -0.1) is 0 Å². The van der Waals surface area contributed by atoms with Gasteiger partial charge in [0.05, 0.1) is 16.3 Å². The minimum atomic E-state index is -0.611. The number of rotatable bonds is 1. The maximum absolute atomic E-state index is 13.7. The third-order valence-corrected chi connectivity index (χ3v) is 2.36. The highest BCUT2D eigenvalue weighted by atomic mass is 35.5. The summed E-state index contributed by atoms with van der Waals surface area (Å²) in [5, 5.41) is 14.8. The quantitative estimate of drug-likeness (QED) is 0.805. The summed E-state index contributed by atoms with van der Waals surface area (Å²) in [7, 11) is 0. The minimum absolute atomic E-state index is 0.123. The molecule has 0 spiro atoms. The lowest BCUT2D eigenvalue weighted by Gasteiger charge is -2.02. The summed E-state index contributed by atoms with van der Waals surface area (Å²) >= 11 is 5.68. The Morgan fingerprint density at radius 3 is 2.80 bits per heavy atom. The van der Waals surface area contributed by atoms with Crippen LogP contribution in [0.1, 0.15) is 5.56 Å². The molecule has 0 bridgehead atoms. The Morgan fingerprint density at radius 2 is 2.20 bits per heavy atom. The van der Waals surface area contributed by atoms with E-state index in [0.717, 1.165) is 0 Å². The molecule has 0 aliphatic rings. The topological polar surface area (TPSA) is 52.5 Å². The van der Waals surface area contributed by atoms with Gasteiger partial charge in [-0.1, -0.05) is 11.6 Å². The number of nitrogens with one attached hydrogen (secondary N) is 1. The van der Waals surface area contributed by atoms with Crippen molar-refractivity contribution < 1.29 is 4.39 Å². The van der Waals surface area contributed by atoms with Gasteiger partial charge in [0.1, 0.15) is 6.07 Å². The molecule has 0 fully saturated rings. The van der Waals surface area contributed by atoms with E-state index in [9.17, 15) is 4.39 Å². The molecule has 1 aromatic carbocycles. The molecule has 0 saturated heterocycles. The molecule has 0 aliphatic carbocycles. The van der Waals surface area contributed by atoms with E-state index in [-0.39, 0.29) is 10.6 Å². The maximum Gasteiger partial charge on any atom is 0.152 e. The van der Waals surface area contributed by atoms with Crippen LogP contribution in [0.15, 0.2) is 24.4 Å². The van der Waals surface area contributed by atoms with Gasteiger partial charge < -0.3 is 0 Å². The zero-order chi connectivity index (χ0) is 10.8. The van der Waals surface area contributed by atoms with Crippen LogP contribution in [-0.4, -0.2) is 10.2 Å². The van der Waals surface area contributed by atoms with Crippen molar-refractivity contribution in [1.29, 1.82) is 5.26 Å². The van der Waals surface area contributed by atoms with Gasteiger partial charge in [0.15, 0.2) is 5.82 Å². The maximum atomic E-state index is 13.7. The summed E-state index contributed by atoms with van der Waals surface area (Å²) in [5.41, 5.74) is 0.952. The second-order valence-electron chi connectivity index (χ2n) is 2.87. The van der Waals surface area contributed by atoms with Crippen LogP contribution < -0.4 is 0 Å². The fraction of sp³-hybridized carbons (Fsp3) is 0. The van der Waals surface area contributed by atoms with E-state index < -0.39 is 5.82 Å². The highest BCUT2D eigenvalue weighted by Gasteiger charge is 2.13. The monoisotopic (exact) mass is 221 g/mol. The van der Waals surface area contributed by atoms with E-state index in [4.69, 9.17) is 16.9 Å². The molecular formula is C10H5ClFN3. The number of aromatic amines is 1. The van der Waals surface area contributed by atoms with Crippen LogP contribution in [-0.2, 0) is 0 Å². The van der Waals surface area contributed by atoms with Crippen LogP contribution in [0.2, 0.25) is 5.02 Å². The van der Waals surface area contributed by atoms with Crippen molar-refractivity contribution in [2.24, 2.45) is 0 Å². The summed E-state index contributed by atoms with van der Waals surface area (Å²) < 4.78 is 13.7. The van der Waals surface area contributed by atoms with E-state index in [1.165, 1.54) is 18.3 Å². The molecule has 2 rings (SSSR count). The van der Waals surface area contributed by atoms with E-state index >= 15 is 0 Å². The molecule has 0 atom stereocenters. The van der Waals surface area contributed by atoms with Crippen molar-refractivity contribution in [2.45, 2.75) is 0 Å². The first-order chi connectivity index (χ1) is 7.24. The van der Waals surface area contributed by atoms with E-state index in [2.05, 4.69) is 10.2 Å². The van der Waals surface area contributed by atoms with Gasteiger partial charge in [0.25, 0.3) is 0 Å². The molecule has 0 radical (unpaired) electrons. The highest BCUT2D eigenvalue weighted by Crippen LogP contribution is 2.28. The van der Waals surface area contributed by atoms with Crippen molar-refractivity contribution in [3.8, 4) is 17.3 Å². The Hall–Kier alpha value is -1.86. The van der Waals surface area contributed by atoms with Crippen LogP contribution in [0, 0.1) is 17.1 Å². The first kappa shape index (κ1) is 9.69. The Labute approximate surface area is 90.1 Å². The lowest BCUT2D eigenvalue weighted by atomic mass is 10.1. The molecule has 15 heavy (non-hydrogen) atoms. The van der Waals surface area contributed by atoms with Crippen molar-refractivity contribution in [3.05, 3.63) is 40.8 Å². The molecule has 0 aliphatic heterocycles. The van der Waals surface area contributed by atoms with Crippen molar-refractivity contribution in [2.75, 3.05) is 0 Å². The molecule has 74 valence electrons. The minimum Gasteiger partial charge on any atom is -0.278 e. The molecule has 1 N–H and O–H groups in total. The highest BCUT2D eigenvalue weighted by molar-refractivity contribution is 6.32. The van der Waals surface area contributed by atoms with Gasteiger partial charge in [-0.3, -0.25) is 5.10 Å². The summed E-state index contributed by atoms with van der Waals surface area (Å²) in [4.78, 5) is 0. The lowest BCUT2D eigenvalue weighted by molar-refractivity contribution is 0.630. The summed E-state index contributed by atoms with van der Waals surface area (Å²) in [6, 6.07) is 6.40. The van der Waals surface area contributed by atoms with Crippen LogP contribution >= 0.6 is 11.6 Å². The molecule has 0 amide bonds. The second kappa shape index (κ2) is 3.71. The standard InChI is InChI=1S/C10H5ClFN3/c11-9-6(5-13)1-2-7(10(9)12)8-3-4-14-15-8/h1-4H,(H,14,15). The van der Waals surface area contributed by atoms with Gasteiger partial charge in [-0.25, -0.2) is 4.39 Å². The van der Waals surface area contributed by atoms with Gasteiger partial charge in [-0.05, 0) is 18.2 Å². The Morgan fingerprint density at radius 1 is 1.40 bits per heavy atom. The second-order valence-corrected chi connectivity index (χ2v) is 3.25. The molecule has 2 aromatic rings. The zero-order valence-corrected chi connectivity index (χ0v) is 8.22. The molecule has 3 nitrogen and oxygen atoms in total. The number of hydrogen-bond donors (Lipinski definition) is 1. The smallest absolute Gasteiger partial charge is 0.152 e. The third-order valence-electron chi connectivity index (χ3n) is 1.99. The number of nitriles is 1. The summed E-state index contributed by atoms with van der Waals surface area (Å²) in [6.45, 7) is 0. The van der Waals surface area contributed by atoms with Crippen LogP contribution in [0.5, 0.6) is 0 Å². The van der Waals surface area contributed by atoms with Gasteiger partial charge in [0, 0.05) is 11.8 Å². The first-order valence-electron chi connectivity index (χ1n) is 4.12. The zero-order valence-electron chi connectivity index (χ0n) is 7.46. The Kier molecular flexibility index (Phi) is 2.40. The van der Waals surface area contributed by atoms with Crippen LogP contribution in [0.4, 0.5) is 4.39 Å². The summed E-state index contributed by atoms with van der Waals surface area (Å²) in [5.74, 6) is -0.611. The molecule has 0 unspecified atom stereocenters. The number of benzene rings is 1. The van der Waals surface area contributed by atoms with Crippen molar-refractivity contribution in [1.82, 2.24) is 10.2 Å². The van der Waals surface area contributed by atoms with E-state index in [1.807, 2.05) is 6.07 Å². The predicted molar refractivity (Wildman–Crippen MR) is 53.7 cm³/mol. The normalized spacial score (nSPS) is 9.93. The fourth-order valence-corrected chi connectivity index (χ4v) is 1.46. The van der Waals surface area contributed by atoms with Gasteiger partial charge >= 0.3 is 0 Å². The fourth-order valence-electron chi connectivity index (χ4n) is 1.25. The number of aromatic nitrogens is 2. The van der Waals surface area contributed by atoms with E-state index in [1.54, 1.807) is 6.07 Å². The first-order valence-corrected chi connectivity index (χ1v) is 4.49. The van der Waals surface area contributed by atoms with Gasteiger partial charge in [0.2, 0.25) is 0 Å². The third kappa shape index (κ3) is 1.58. The Balaban J connectivity index is 2.62. The average molecular weight is 222 g/mol. The number of hydrogen-bond acceptors (Lipinski definition) is 2. The molecule has 1 heterocycles. The predicted octanol–water partition coefficient (Wildman–Crippen LogP) is 2.74. The number of nitrogens with zero attached hydrogens (tertiary/aromatic N) is 2. The molecule has 5 heteroatoms. The average Bonchev–Trinajstić information content (AvgIpc) is 2.75. The van der Waals surface area contributed by atoms with Gasteiger partial charge in [-0.2, -0.15) is 10.4 Å². The van der Waals surface area contributed by atoms with Crippen LogP contribution in [0.3, 0.4) is 0 Å². The molecule has 1 aromatic heterocycles. The van der Waals surface area contributed by atoms with E-state index in [0.29, 0.717) is 11.3 Å². The molecular weight excluding hydrogens is 217 g/mol. The lowest BCUT2D eigenvalue weighted by Crippen LogP contribution is -1.89. The number of H-pyrrole nitrogens is 1. The Bertz CT molecular complexity index is 528.